The number of carbonyl (C=O) groups is 1. The topological polar surface area (TPSA) is 50.2 Å². The van der Waals surface area contributed by atoms with Gasteiger partial charge in [0.15, 0.2) is 0 Å². The van der Waals surface area contributed by atoms with Crippen molar-refractivity contribution >= 4 is 28.5 Å². The Balaban J connectivity index is 1.47. The summed E-state index contributed by atoms with van der Waals surface area (Å²) in [7, 11) is 0. The van der Waals surface area contributed by atoms with Crippen LogP contribution in [0.25, 0.3) is 11.0 Å². The number of nitrogens with zero attached hydrogens (tertiary/aromatic N) is 3. The molecule has 0 saturated heterocycles. The molecule has 0 radical (unpaired) electrons. The lowest BCUT2D eigenvalue weighted by Crippen LogP contribution is -2.40. The summed E-state index contributed by atoms with van der Waals surface area (Å²) in [6.45, 7) is 9.75. The van der Waals surface area contributed by atoms with E-state index in [-0.39, 0.29) is 17.9 Å². The second kappa shape index (κ2) is 14.3. The Hall–Kier alpha value is -3.15. The minimum atomic E-state index is -0.202. The first kappa shape index (κ1) is 30.3. The fourth-order valence-electron chi connectivity index (χ4n) is 6.38. The van der Waals surface area contributed by atoms with Gasteiger partial charge in [0, 0.05) is 23.7 Å². The Kier molecular flexibility index (Phi) is 10.4. The molecular formula is C36H45ClN4O. The largest absolute Gasteiger partial charge is 0.328 e. The van der Waals surface area contributed by atoms with Gasteiger partial charge in [0.1, 0.15) is 5.82 Å². The Morgan fingerprint density at radius 3 is 2.48 bits per heavy atom. The van der Waals surface area contributed by atoms with Gasteiger partial charge in [-0.1, -0.05) is 92.7 Å². The minimum Gasteiger partial charge on any atom is -0.328 e. The molecule has 3 aromatic carbocycles. The lowest BCUT2D eigenvalue weighted by atomic mass is 9.89. The van der Waals surface area contributed by atoms with E-state index in [0.29, 0.717) is 18.1 Å². The first-order valence-corrected chi connectivity index (χ1v) is 16.1. The standard InChI is InChI=1S/C36H45ClN4O/c1-26(2)34(35-39-32-23-31(37)19-20-33(32)41(35)25-29-13-8-5-9-14-29)40(36(42)30-17-15-27(3)16-18-30)22-10-21-38-24-28-11-6-4-7-12-28/h5,8-9,13-20,23,26,28,34,38H,4,6-7,10-12,21-22,24-25H2,1-3H3/t34-/m1/s1. The van der Waals surface area contributed by atoms with Gasteiger partial charge < -0.3 is 14.8 Å². The van der Waals surface area contributed by atoms with E-state index >= 15 is 0 Å². The van der Waals surface area contributed by atoms with Gasteiger partial charge in [-0.2, -0.15) is 0 Å². The van der Waals surface area contributed by atoms with E-state index in [1.165, 1.54) is 37.7 Å². The van der Waals surface area contributed by atoms with Crippen LogP contribution in [0.4, 0.5) is 0 Å². The van der Waals surface area contributed by atoms with E-state index in [2.05, 4.69) is 65.9 Å². The molecule has 1 aliphatic rings. The molecule has 1 fully saturated rings. The number of hydrogen-bond donors (Lipinski definition) is 1. The monoisotopic (exact) mass is 584 g/mol. The highest BCUT2D eigenvalue weighted by atomic mass is 35.5. The smallest absolute Gasteiger partial charge is 0.254 e. The van der Waals surface area contributed by atoms with Gasteiger partial charge in [-0.25, -0.2) is 4.98 Å². The summed E-state index contributed by atoms with van der Waals surface area (Å²) in [5, 5.41) is 4.37. The summed E-state index contributed by atoms with van der Waals surface area (Å²) in [5.41, 5.74) is 4.94. The van der Waals surface area contributed by atoms with Crippen LogP contribution in [-0.4, -0.2) is 40.0 Å². The summed E-state index contributed by atoms with van der Waals surface area (Å²) in [5.74, 6) is 1.90. The van der Waals surface area contributed by atoms with Gasteiger partial charge in [0.25, 0.3) is 5.91 Å². The number of hydrogen-bond acceptors (Lipinski definition) is 3. The number of nitrogens with one attached hydrogen (secondary N) is 1. The van der Waals surface area contributed by atoms with E-state index in [1.807, 2.05) is 42.5 Å². The van der Waals surface area contributed by atoms with Gasteiger partial charge in [-0.15, -0.1) is 0 Å². The van der Waals surface area contributed by atoms with Crippen molar-refractivity contribution in [1.82, 2.24) is 19.8 Å². The van der Waals surface area contributed by atoms with Crippen LogP contribution in [0, 0.1) is 18.8 Å². The lowest BCUT2D eigenvalue weighted by molar-refractivity contribution is 0.0603. The van der Waals surface area contributed by atoms with Crippen LogP contribution >= 0.6 is 11.6 Å². The van der Waals surface area contributed by atoms with Crippen LogP contribution in [0.3, 0.4) is 0 Å². The highest BCUT2D eigenvalue weighted by Gasteiger charge is 2.33. The summed E-state index contributed by atoms with van der Waals surface area (Å²) in [6, 6.07) is 24.1. The van der Waals surface area contributed by atoms with Crippen molar-refractivity contribution in [2.75, 3.05) is 19.6 Å². The Bertz CT molecular complexity index is 1440. The van der Waals surface area contributed by atoms with Crippen LogP contribution in [0.5, 0.6) is 0 Å². The first-order chi connectivity index (χ1) is 20.4. The Morgan fingerprint density at radius 1 is 1.02 bits per heavy atom. The molecule has 222 valence electrons. The number of aromatic nitrogens is 2. The number of imidazole rings is 1. The average Bonchev–Trinajstić information content (AvgIpc) is 3.33. The van der Waals surface area contributed by atoms with Crippen LogP contribution in [0.1, 0.15) is 85.7 Å². The summed E-state index contributed by atoms with van der Waals surface area (Å²) in [4.78, 5) is 21.5. The zero-order chi connectivity index (χ0) is 29.5. The number of amides is 1. The lowest BCUT2D eigenvalue weighted by Gasteiger charge is -2.35. The summed E-state index contributed by atoms with van der Waals surface area (Å²) >= 11 is 6.42. The number of fused-ring (bicyclic) bond motifs is 1. The Morgan fingerprint density at radius 2 is 1.76 bits per heavy atom. The minimum absolute atomic E-state index is 0.0531. The van der Waals surface area contributed by atoms with Crippen LogP contribution in [0.15, 0.2) is 72.8 Å². The molecule has 0 bridgehead atoms. The maximum Gasteiger partial charge on any atom is 0.254 e. The van der Waals surface area contributed by atoms with Crippen molar-refractivity contribution in [2.45, 2.75) is 71.9 Å². The molecule has 0 aliphatic heterocycles. The van der Waals surface area contributed by atoms with Crippen molar-refractivity contribution < 1.29 is 4.79 Å². The van der Waals surface area contributed by atoms with Crippen molar-refractivity contribution in [3.63, 3.8) is 0 Å². The molecule has 5 rings (SSSR count). The van der Waals surface area contributed by atoms with E-state index in [0.717, 1.165) is 53.4 Å². The van der Waals surface area contributed by atoms with Gasteiger partial charge in [-0.05, 0) is 87.0 Å². The summed E-state index contributed by atoms with van der Waals surface area (Å²) in [6.07, 6.45) is 7.65. The second-order valence-electron chi connectivity index (χ2n) is 12.3. The fourth-order valence-corrected chi connectivity index (χ4v) is 6.54. The van der Waals surface area contributed by atoms with Gasteiger partial charge in [-0.3, -0.25) is 4.79 Å². The summed E-state index contributed by atoms with van der Waals surface area (Å²) < 4.78 is 2.28. The normalized spacial score (nSPS) is 14.9. The zero-order valence-electron chi connectivity index (χ0n) is 25.4. The van der Waals surface area contributed by atoms with E-state index in [1.54, 1.807) is 0 Å². The zero-order valence-corrected chi connectivity index (χ0v) is 26.1. The SMILES string of the molecule is Cc1ccc(C(=O)N(CCCNCC2CCCCC2)[C@@H](c2nc3cc(Cl)ccc3n2Cc2ccccc2)C(C)C)cc1. The maximum absolute atomic E-state index is 14.3. The average molecular weight is 585 g/mol. The molecule has 1 saturated carbocycles. The molecule has 1 N–H and O–H groups in total. The highest BCUT2D eigenvalue weighted by molar-refractivity contribution is 6.31. The predicted octanol–water partition coefficient (Wildman–Crippen LogP) is 8.45. The molecule has 4 aromatic rings. The van der Waals surface area contributed by atoms with Gasteiger partial charge in [0.05, 0.1) is 17.1 Å². The third-order valence-electron chi connectivity index (χ3n) is 8.62. The fraction of sp³-hybridized carbons (Fsp3) is 0.444. The van der Waals surface area contributed by atoms with E-state index < -0.39 is 0 Å². The molecule has 1 aliphatic carbocycles. The molecule has 1 aromatic heterocycles. The van der Waals surface area contributed by atoms with Crippen molar-refractivity contribution in [2.24, 2.45) is 11.8 Å². The quantitative estimate of drug-likeness (QED) is 0.170. The molecule has 1 heterocycles. The molecule has 1 atom stereocenters. The van der Waals surface area contributed by atoms with Crippen molar-refractivity contribution in [1.29, 1.82) is 0 Å². The number of halogens is 1. The van der Waals surface area contributed by atoms with Crippen LogP contribution in [0.2, 0.25) is 5.02 Å². The predicted molar refractivity (Wildman–Crippen MR) is 174 cm³/mol. The molecule has 1 amide bonds. The number of rotatable bonds is 12. The highest BCUT2D eigenvalue weighted by Crippen LogP contribution is 2.34. The molecular weight excluding hydrogens is 540 g/mol. The van der Waals surface area contributed by atoms with Crippen LogP contribution in [-0.2, 0) is 6.54 Å². The van der Waals surface area contributed by atoms with Crippen molar-refractivity contribution in [3.05, 3.63) is 100 Å². The van der Waals surface area contributed by atoms with E-state index in [4.69, 9.17) is 16.6 Å². The molecule has 6 heteroatoms. The third-order valence-corrected chi connectivity index (χ3v) is 8.86. The van der Waals surface area contributed by atoms with Crippen molar-refractivity contribution in [3.8, 4) is 0 Å². The number of aryl methyl sites for hydroxylation is 1. The first-order valence-electron chi connectivity index (χ1n) is 15.7. The van der Waals surface area contributed by atoms with E-state index in [9.17, 15) is 4.79 Å². The number of benzene rings is 3. The van der Waals surface area contributed by atoms with Gasteiger partial charge in [0.2, 0.25) is 0 Å². The molecule has 0 unspecified atom stereocenters. The van der Waals surface area contributed by atoms with Gasteiger partial charge >= 0.3 is 0 Å². The van der Waals surface area contributed by atoms with Crippen LogP contribution < -0.4 is 5.32 Å². The second-order valence-corrected chi connectivity index (χ2v) is 12.7. The molecule has 0 spiro atoms. The maximum atomic E-state index is 14.3. The molecule has 5 nitrogen and oxygen atoms in total. The number of carbonyl (C=O) groups excluding carboxylic acids is 1. The Labute approximate surface area is 256 Å². The third kappa shape index (κ3) is 7.43. The molecule has 42 heavy (non-hydrogen) atoms.